The molecule has 0 spiro atoms. The van der Waals surface area contributed by atoms with Gasteiger partial charge in [-0.15, -0.1) is 0 Å². The predicted octanol–water partition coefficient (Wildman–Crippen LogP) is 0.592. The minimum atomic E-state index is -0.0257. The number of ether oxygens (including phenoxy) is 2. The molecule has 0 saturated heterocycles. The molecule has 120 valence electrons. The summed E-state index contributed by atoms with van der Waals surface area (Å²) in [5.74, 6) is -0.0257. The second-order valence-corrected chi connectivity index (χ2v) is 5.13. The van der Waals surface area contributed by atoms with Crippen LogP contribution < -0.4 is 5.73 Å². The Bertz CT molecular complexity index is 473. The molecule has 0 aromatic carbocycles. The number of hydrogen-bond acceptors (Lipinski definition) is 5. The molecule has 0 aliphatic heterocycles. The van der Waals surface area contributed by atoms with E-state index in [9.17, 15) is 4.79 Å². The van der Waals surface area contributed by atoms with Gasteiger partial charge in [-0.1, -0.05) is 0 Å². The lowest BCUT2D eigenvalue weighted by atomic mass is 10.2. The molecule has 1 heterocycles. The summed E-state index contributed by atoms with van der Waals surface area (Å²) < 4.78 is 11.9. The number of carbonyl (C=O) groups excluding carboxylic acids is 1. The summed E-state index contributed by atoms with van der Waals surface area (Å²) in [6, 6.07) is -0.0213. The third-order valence-electron chi connectivity index (χ3n) is 3.52. The highest BCUT2D eigenvalue weighted by molar-refractivity contribution is 5.76. The van der Waals surface area contributed by atoms with E-state index in [-0.39, 0.29) is 18.5 Å². The van der Waals surface area contributed by atoms with E-state index < -0.39 is 0 Å². The minimum Gasteiger partial charge on any atom is -0.396 e. The van der Waals surface area contributed by atoms with Crippen molar-refractivity contribution < 1.29 is 14.3 Å². The number of nitrogen functional groups attached to an aromatic ring is 1. The fourth-order valence-corrected chi connectivity index (χ4v) is 2.20. The maximum atomic E-state index is 12.5. The van der Waals surface area contributed by atoms with Gasteiger partial charge in [0.05, 0.1) is 36.3 Å². The molecule has 7 heteroatoms. The molecule has 0 saturated carbocycles. The van der Waals surface area contributed by atoms with Crippen molar-refractivity contribution in [3.05, 3.63) is 11.4 Å². The Morgan fingerprint density at radius 2 is 2.05 bits per heavy atom. The third kappa shape index (κ3) is 4.44. The van der Waals surface area contributed by atoms with Crippen LogP contribution in [0.4, 0.5) is 5.69 Å². The molecule has 0 aliphatic rings. The summed E-state index contributed by atoms with van der Waals surface area (Å²) in [7, 11) is 3.24. The molecule has 0 aliphatic carbocycles. The molecule has 0 fully saturated rings. The first kappa shape index (κ1) is 17.5. The maximum Gasteiger partial charge on any atom is 0.244 e. The lowest BCUT2D eigenvalue weighted by Gasteiger charge is -2.28. The fourth-order valence-electron chi connectivity index (χ4n) is 2.20. The van der Waals surface area contributed by atoms with Crippen LogP contribution in [-0.2, 0) is 20.8 Å². The average Bonchev–Trinajstić information content (AvgIpc) is 2.67. The van der Waals surface area contributed by atoms with Crippen LogP contribution >= 0.6 is 0 Å². The normalized spacial score (nSPS) is 12.4. The number of amides is 1. The van der Waals surface area contributed by atoms with Crippen LogP contribution in [0.5, 0.6) is 0 Å². The van der Waals surface area contributed by atoms with Gasteiger partial charge in [-0.3, -0.25) is 9.48 Å². The number of anilines is 1. The van der Waals surface area contributed by atoms with Crippen molar-refractivity contribution in [2.45, 2.75) is 33.4 Å². The molecule has 7 nitrogen and oxygen atoms in total. The monoisotopic (exact) mass is 298 g/mol. The predicted molar refractivity (Wildman–Crippen MR) is 81.0 cm³/mol. The number of nitrogens with zero attached hydrogens (tertiary/aromatic N) is 3. The van der Waals surface area contributed by atoms with Gasteiger partial charge in [-0.25, -0.2) is 0 Å². The van der Waals surface area contributed by atoms with Gasteiger partial charge in [0.2, 0.25) is 5.91 Å². The molecule has 0 radical (unpaired) electrons. The quantitative estimate of drug-likeness (QED) is 0.759. The van der Waals surface area contributed by atoms with Gasteiger partial charge >= 0.3 is 0 Å². The Morgan fingerprint density at radius 1 is 1.38 bits per heavy atom. The Balaban J connectivity index is 2.81. The highest BCUT2D eigenvalue weighted by atomic mass is 16.5. The Labute approximate surface area is 126 Å². The van der Waals surface area contributed by atoms with Crippen molar-refractivity contribution in [3.63, 3.8) is 0 Å². The van der Waals surface area contributed by atoms with Gasteiger partial charge in [0.15, 0.2) is 0 Å². The van der Waals surface area contributed by atoms with E-state index in [1.165, 1.54) is 0 Å². The number of aromatic nitrogens is 2. The number of carbonyl (C=O) groups is 1. The first-order valence-electron chi connectivity index (χ1n) is 6.99. The number of aryl methyl sites for hydroxylation is 1. The maximum absolute atomic E-state index is 12.5. The molecule has 1 aromatic rings. The standard InChI is InChI=1S/C14H26N4O3/c1-10(9-21-5)17(6-7-20-4)13(19)8-18-12(3)14(15)11(2)16-18/h10H,6-9,15H2,1-5H3. The van der Waals surface area contributed by atoms with E-state index in [4.69, 9.17) is 15.2 Å². The van der Waals surface area contributed by atoms with Crippen molar-refractivity contribution in [1.82, 2.24) is 14.7 Å². The van der Waals surface area contributed by atoms with Crippen LogP contribution in [0, 0.1) is 13.8 Å². The van der Waals surface area contributed by atoms with E-state index in [1.807, 2.05) is 20.8 Å². The SMILES string of the molecule is COCCN(C(=O)Cn1nc(C)c(N)c1C)C(C)COC. The largest absolute Gasteiger partial charge is 0.396 e. The Kier molecular flexibility index (Phi) is 6.64. The molecule has 2 N–H and O–H groups in total. The van der Waals surface area contributed by atoms with Gasteiger partial charge in [0, 0.05) is 20.8 Å². The Morgan fingerprint density at radius 3 is 2.52 bits per heavy atom. The fraction of sp³-hybridized carbons (Fsp3) is 0.714. The zero-order chi connectivity index (χ0) is 16.0. The average molecular weight is 298 g/mol. The van der Waals surface area contributed by atoms with Crippen LogP contribution in [0.1, 0.15) is 18.3 Å². The van der Waals surface area contributed by atoms with Gasteiger partial charge in [0.25, 0.3) is 0 Å². The lowest BCUT2D eigenvalue weighted by molar-refractivity contribution is -0.135. The second-order valence-electron chi connectivity index (χ2n) is 5.13. The summed E-state index contributed by atoms with van der Waals surface area (Å²) in [6.07, 6.45) is 0. The van der Waals surface area contributed by atoms with Crippen molar-refractivity contribution in [2.24, 2.45) is 0 Å². The summed E-state index contributed by atoms with van der Waals surface area (Å²) in [4.78, 5) is 14.3. The van der Waals surface area contributed by atoms with Crippen LogP contribution in [0.2, 0.25) is 0 Å². The van der Waals surface area contributed by atoms with Gasteiger partial charge in [-0.2, -0.15) is 5.10 Å². The van der Waals surface area contributed by atoms with Crippen LogP contribution in [0.15, 0.2) is 0 Å². The first-order valence-corrected chi connectivity index (χ1v) is 6.99. The molecule has 1 unspecified atom stereocenters. The minimum absolute atomic E-state index is 0.0213. The number of nitrogens with two attached hydrogens (primary N) is 1. The molecule has 21 heavy (non-hydrogen) atoms. The van der Waals surface area contributed by atoms with Crippen LogP contribution in [-0.4, -0.2) is 60.6 Å². The Hall–Kier alpha value is -1.60. The molecule has 0 bridgehead atoms. The molecular formula is C14H26N4O3. The summed E-state index contributed by atoms with van der Waals surface area (Å²) >= 11 is 0. The van der Waals surface area contributed by atoms with Crippen LogP contribution in [0.3, 0.4) is 0 Å². The molecular weight excluding hydrogens is 272 g/mol. The molecule has 1 rings (SSSR count). The van der Waals surface area contributed by atoms with Gasteiger partial charge in [0.1, 0.15) is 6.54 Å². The molecule has 1 atom stereocenters. The van der Waals surface area contributed by atoms with Crippen molar-refractivity contribution in [2.75, 3.05) is 39.7 Å². The van der Waals surface area contributed by atoms with Crippen LogP contribution in [0.25, 0.3) is 0 Å². The van der Waals surface area contributed by atoms with Crippen molar-refractivity contribution >= 4 is 11.6 Å². The third-order valence-corrected chi connectivity index (χ3v) is 3.52. The van der Waals surface area contributed by atoms with E-state index in [0.717, 1.165) is 11.4 Å². The van der Waals surface area contributed by atoms with Gasteiger partial charge < -0.3 is 20.1 Å². The van der Waals surface area contributed by atoms with Gasteiger partial charge in [-0.05, 0) is 20.8 Å². The summed E-state index contributed by atoms with van der Waals surface area (Å²) in [5.41, 5.74) is 8.09. The topological polar surface area (TPSA) is 82.6 Å². The summed E-state index contributed by atoms with van der Waals surface area (Å²) in [6.45, 7) is 7.30. The molecule has 1 amide bonds. The van der Waals surface area contributed by atoms with Crippen molar-refractivity contribution in [3.8, 4) is 0 Å². The zero-order valence-electron chi connectivity index (χ0n) is 13.5. The molecule has 1 aromatic heterocycles. The van der Waals surface area contributed by atoms with Crippen molar-refractivity contribution in [1.29, 1.82) is 0 Å². The first-order chi connectivity index (χ1) is 9.92. The zero-order valence-corrected chi connectivity index (χ0v) is 13.5. The lowest BCUT2D eigenvalue weighted by Crippen LogP contribution is -2.44. The second kappa shape index (κ2) is 7.99. The number of rotatable bonds is 8. The summed E-state index contributed by atoms with van der Waals surface area (Å²) in [5, 5.41) is 4.30. The van der Waals surface area contributed by atoms with E-state index >= 15 is 0 Å². The smallest absolute Gasteiger partial charge is 0.244 e. The van der Waals surface area contributed by atoms with E-state index in [0.29, 0.717) is 25.4 Å². The highest BCUT2D eigenvalue weighted by Crippen LogP contribution is 2.15. The van der Waals surface area contributed by atoms with E-state index in [1.54, 1.807) is 23.8 Å². The number of hydrogen-bond donors (Lipinski definition) is 1. The number of methoxy groups -OCH3 is 2. The highest BCUT2D eigenvalue weighted by Gasteiger charge is 2.21. The van der Waals surface area contributed by atoms with E-state index in [2.05, 4.69) is 5.10 Å².